The topological polar surface area (TPSA) is 84.2 Å². The number of hydrogen-bond acceptors (Lipinski definition) is 3. The second-order valence-corrected chi connectivity index (χ2v) is 6.47. The van der Waals surface area contributed by atoms with Crippen LogP contribution >= 0.6 is 11.6 Å². The van der Waals surface area contributed by atoms with Gasteiger partial charge in [0, 0.05) is 11.2 Å². The van der Waals surface area contributed by atoms with Crippen molar-refractivity contribution in [1.29, 1.82) is 0 Å². The summed E-state index contributed by atoms with van der Waals surface area (Å²) in [6, 6.07) is 6.56. The van der Waals surface area contributed by atoms with Crippen LogP contribution < -0.4 is 5.32 Å². The number of nitrogens with one attached hydrogen (secondary N) is 1. The molecule has 2 N–H and O–H groups in total. The first-order chi connectivity index (χ1) is 11.5. The van der Waals surface area contributed by atoms with E-state index in [0.717, 1.165) is 18.4 Å². The minimum absolute atomic E-state index is 0.337. The molecule has 24 heavy (non-hydrogen) atoms. The molecule has 1 aliphatic rings. The van der Waals surface area contributed by atoms with Crippen molar-refractivity contribution in [3.8, 4) is 0 Å². The fourth-order valence-corrected chi connectivity index (χ4v) is 2.71. The Balaban J connectivity index is 1.64. The van der Waals surface area contributed by atoms with Crippen molar-refractivity contribution in [1.82, 2.24) is 15.1 Å². The zero-order valence-electron chi connectivity index (χ0n) is 13.0. The van der Waals surface area contributed by atoms with Crippen molar-refractivity contribution in [3.63, 3.8) is 0 Å². The summed E-state index contributed by atoms with van der Waals surface area (Å²) in [4.78, 5) is 23.5. The molecule has 1 heterocycles. The number of amides is 1. The first kappa shape index (κ1) is 16.5. The van der Waals surface area contributed by atoms with Crippen LogP contribution in [0.4, 0.5) is 0 Å². The Morgan fingerprint density at radius 2 is 2.12 bits per heavy atom. The predicted molar refractivity (Wildman–Crippen MR) is 89.0 cm³/mol. The molecule has 2 aromatic rings. The second-order valence-electron chi connectivity index (χ2n) is 6.06. The maximum absolute atomic E-state index is 12.2. The SMILES string of the molecule is O=C(NC(CC1CC1)C(=O)O)c1cnn(Cc2ccccc2Cl)c1. The van der Waals surface area contributed by atoms with Crippen LogP contribution in [0.1, 0.15) is 35.2 Å². The average molecular weight is 348 g/mol. The molecule has 126 valence electrons. The largest absolute Gasteiger partial charge is 0.480 e. The quantitative estimate of drug-likeness (QED) is 0.806. The number of carboxylic acid groups (broad SMARTS) is 1. The molecule has 1 aromatic heterocycles. The van der Waals surface area contributed by atoms with E-state index in [1.54, 1.807) is 16.9 Å². The smallest absolute Gasteiger partial charge is 0.326 e. The Morgan fingerprint density at radius 3 is 2.79 bits per heavy atom. The van der Waals surface area contributed by atoms with Crippen molar-refractivity contribution < 1.29 is 14.7 Å². The Hall–Kier alpha value is -2.34. The Bertz CT molecular complexity index is 755. The monoisotopic (exact) mass is 347 g/mol. The van der Waals surface area contributed by atoms with Crippen molar-refractivity contribution in [2.75, 3.05) is 0 Å². The Kier molecular flexibility index (Phi) is 4.85. The normalized spacial score (nSPS) is 15.0. The highest BCUT2D eigenvalue weighted by molar-refractivity contribution is 6.31. The van der Waals surface area contributed by atoms with E-state index < -0.39 is 17.9 Å². The molecule has 0 spiro atoms. The van der Waals surface area contributed by atoms with Gasteiger partial charge < -0.3 is 10.4 Å². The lowest BCUT2D eigenvalue weighted by atomic mass is 10.1. The number of nitrogens with zero attached hydrogens (tertiary/aromatic N) is 2. The molecule has 6 nitrogen and oxygen atoms in total. The van der Waals surface area contributed by atoms with Crippen molar-refractivity contribution >= 4 is 23.5 Å². The van der Waals surface area contributed by atoms with Crippen LogP contribution in [0.3, 0.4) is 0 Å². The summed E-state index contributed by atoms with van der Waals surface area (Å²) in [5.41, 5.74) is 1.23. The number of carboxylic acids is 1. The molecule has 0 saturated heterocycles. The van der Waals surface area contributed by atoms with Gasteiger partial charge in [0.1, 0.15) is 6.04 Å². The second kappa shape index (κ2) is 7.05. The van der Waals surface area contributed by atoms with Crippen molar-refractivity contribution in [2.24, 2.45) is 5.92 Å². The molecule has 1 atom stereocenters. The maximum Gasteiger partial charge on any atom is 0.326 e. The van der Waals surface area contributed by atoms with Gasteiger partial charge in [0.25, 0.3) is 5.91 Å². The van der Waals surface area contributed by atoms with Crippen molar-refractivity contribution in [3.05, 3.63) is 52.8 Å². The molecule has 0 radical (unpaired) electrons. The van der Waals surface area contributed by atoms with Gasteiger partial charge in [0.2, 0.25) is 0 Å². The van der Waals surface area contributed by atoms with Crippen LogP contribution in [0.15, 0.2) is 36.7 Å². The number of hydrogen-bond donors (Lipinski definition) is 2. The third kappa shape index (κ3) is 4.14. The molecule has 1 unspecified atom stereocenters. The summed E-state index contributed by atoms with van der Waals surface area (Å²) in [6.07, 6.45) is 5.58. The van der Waals surface area contributed by atoms with Gasteiger partial charge in [0.05, 0.1) is 18.3 Å². The molecular formula is C17H18ClN3O3. The lowest BCUT2D eigenvalue weighted by molar-refractivity contribution is -0.139. The molecule has 1 fully saturated rings. The Labute approximate surface area is 144 Å². The summed E-state index contributed by atoms with van der Waals surface area (Å²) in [6.45, 7) is 0.442. The van der Waals surface area contributed by atoms with Gasteiger partial charge in [-0.1, -0.05) is 42.6 Å². The number of aromatic nitrogens is 2. The third-order valence-electron chi connectivity index (χ3n) is 4.05. The minimum Gasteiger partial charge on any atom is -0.480 e. The van der Waals surface area contributed by atoms with Crippen LogP contribution in [0.2, 0.25) is 5.02 Å². The number of rotatable bonds is 7. The summed E-state index contributed by atoms with van der Waals surface area (Å²) in [5.74, 6) is -1.01. The van der Waals surface area contributed by atoms with Gasteiger partial charge in [-0.2, -0.15) is 5.10 Å². The van der Waals surface area contributed by atoms with Crippen LogP contribution in [0.5, 0.6) is 0 Å². The predicted octanol–water partition coefficient (Wildman–Crippen LogP) is 2.57. The number of halogens is 1. The number of benzene rings is 1. The number of aliphatic carboxylic acids is 1. The zero-order chi connectivity index (χ0) is 17.1. The van der Waals surface area contributed by atoms with E-state index in [-0.39, 0.29) is 0 Å². The molecule has 3 rings (SSSR count). The third-order valence-corrected chi connectivity index (χ3v) is 4.42. The number of carbonyl (C=O) groups excluding carboxylic acids is 1. The van der Waals surface area contributed by atoms with E-state index in [0.29, 0.717) is 29.5 Å². The van der Waals surface area contributed by atoms with Gasteiger partial charge >= 0.3 is 5.97 Å². The fourth-order valence-electron chi connectivity index (χ4n) is 2.52. The lowest BCUT2D eigenvalue weighted by Gasteiger charge is -2.13. The van der Waals surface area contributed by atoms with Crippen LogP contribution in [-0.4, -0.2) is 32.8 Å². The fraction of sp³-hybridized carbons (Fsp3) is 0.353. The molecule has 1 aromatic carbocycles. The van der Waals surface area contributed by atoms with Gasteiger partial charge in [-0.25, -0.2) is 4.79 Å². The summed E-state index contributed by atoms with van der Waals surface area (Å²) in [7, 11) is 0. The summed E-state index contributed by atoms with van der Waals surface area (Å²) >= 11 is 6.12. The van der Waals surface area contributed by atoms with E-state index in [1.807, 2.05) is 18.2 Å². The molecule has 0 bridgehead atoms. The van der Waals surface area contributed by atoms with E-state index in [1.165, 1.54) is 6.20 Å². The summed E-state index contributed by atoms with van der Waals surface area (Å²) in [5, 5.41) is 16.6. The molecule has 0 aliphatic heterocycles. The molecule has 1 amide bonds. The van der Waals surface area contributed by atoms with Crippen LogP contribution in [0, 0.1) is 5.92 Å². The molecule has 7 heteroatoms. The highest BCUT2D eigenvalue weighted by Gasteiger charge is 2.30. The van der Waals surface area contributed by atoms with Gasteiger partial charge in [-0.05, 0) is 24.0 Å². The lowest BCUT2D eigenvalue weighted by Crippen LogP contribution is -2.41. The highest BCUT2D eigenvalue weighted by atomic mass is 35.5. The van der Waals surface area contributed by atoms with Crippen molar-refractivity contribution in [2.45, 2.75) is 31.8 Å². The standard InChI is InChI=1S/C17H18ClN3O3/c18-14-4-2-1-3-12(14)9-21-10-13(8-19-21)16(22)20-15(17(23)24)7-11-5-6-11/h1-4,8,10-11,15H,5-7,9H2,(H,20,22)(H,23,24). The molecule has 1 saturated carbocycles. The first-order valence-corrected chi connectivity index (χ1v) is 8.20. The maximum atomic E-state index is 12.2. The highest BCUT2D eigenvalue weighted by Crippen LogP contribution is 2.33. The van der Waals surface area contributed by atoms with E-state index in [4.69, 9.17) is 11.6 Å². The van der Waals surface area contributed by atoms with Gasteiger partial charge in [-0.15, -0.1) is 0 Å². The average Bonchev–Trinajstić information content (AvgIpc) is 3.24. The van der Waals surface area contributed by atoms with Gasteiger partial charge in [-0.3, -0.25) is 9.48 Å². The van der Waals surface area contributed by atoms with Crippen LogP contribution in [-0.2, 0) is 11.3 Å². The van der Waals surface area contributed by atoms with E-state index in [2.05, 4.69) is 10.4 Å². The van der Waals surface area contributed by atoms with E-state index >= 15 is 0 Å². The molecular weight excluding hydrogens is 330 g/mol. The Morgan fingerprint density at radius 1 is 1.38 bits per heavy atom. The first-order valence-electron chi connectivity index (χ1n) is 7.82. The minimum atomic E-state index is -1.00. The summed E-state index contributed by atoms with van der Waals surface area (Å²) < 4.78 is 1.60. The zero-order valence-corrected chi connectivity index (χ0v) is 13.7. The van der Waals surface area contributed by atoms with Crippen LogP contribution in [0.25, 0.3) is 0 Å². The van der Waals surface area contributed by atoms with E-state index in [9.17, 15) is 14.7 Å². The number of carbonyl (C=O) groups is 2. The molecule has 1 aliphatic carbocycles. The van der Waals surface area contributed by atoms with Gasteiger partial charge in [0.15, 0.2) is 0 Å².